The van der Waals surface area contributed by atoms with Gasteiger partial charge in [-0.05, 0) is 30.5 Å². The molecule has 0 spiro atoms. The Kier molecular flexibility index (Phi) is 5.21. The highest BCUT2D eigenvalue weighted by atomic mass is 32.2. The highest BCUT2D eigenvalue weighted by Crippen LogP contribution is 2.15. The first kappa shape index (κ1) is 16.5. The fraction of sp³-hybridized carbons (Fsp3) is 0.417. The first-order valence-corrected chi connectivity index (χ1v) is 7.39. The molecule has 0 bridgehead atoms. The van der Waals surface area contributed by atoms with Gasteiger partial charge in [0.15, 0.2) is 0 Å². The third kappa shape index (κ3) is 3.75. The molecular weight excluding hydrogens is 287 g/mol. The summed E-state index contributed by atoms with van der Waals surface area (Å²) in [5, 5.41) is 8.61. The molecule has 1 atom stereocenters. The molecule has 1 rings (SSSR count). The van der Waals surface area contributed by atoms with Gasteiger partial charge in [-0.1, -0.05) is 19.9 Å². The fourth-order valence-corrected chi connectivity index (χ4v) is 2.89. The Hall–Kier alpha value is -1.51. The molecule has 1 aromatic carbocycles. The zero-order chi connectivity index (χ0) is 15.5. The van der Waals surface area contributed by atoms with Crippen molar-refractivity contribution in [1.82, 2.24) is 10.2 Å². The minimum Gasteiger partial charge on any atom is -0.289 e. The average Bonchev–Trinajstić information content (AvgIpc) is 2.38. The molecule has 0 aromatic heterocycles. The third-order valence-electron chi connectivity index (χ3n) is 2.80. The molecule has 0 aliphatic carbocycles. The van der Waals surface area contributed by atoms with Gasteiger partial charge in [0.1, 0.15) is 11.9 Å². The number of hydrogen-bond acceptors (Lipinski definition) is 4. The SMILES string of the molecule is Cc1ccc(S(=O)(=O)N[C@@H](C(=O)NO)C(C)C)cc1F. The standard InChI is InChI=1S/C12H17FN2O4S/c1-7(2)11(12(16)14-17)15-20(18,19)9-5-4-8(3)10(13)6-9/h4-7,11,15,17H,1-3H3,(H,14,16)/t11-/m1/s1. The summed E-state index contributed by atoms with van der Waals surface area (Å²) >= 11 is 0. The van der Waals surface area contributed by atoms with Crippen molar-refractivity contribution in [3.8, 4) is 0 Å². The molecule has 112 valence electrons. The van der Waals surface area contributed by atoms with Gasteiger partial charge in [-0.2, -0.15) is 4.72 Å². The Labute approximate surface area is 117 Å². The topological polar surface area (TPSA) is 95.5 Å². The minimum atomic E-state index is -4.06. The van der Waals surface area contributed by atoms with Crippen LogP contribution in [-0.4, -0.2) is 25.6 Å². The molecule has 8 heteroatoms. The maximum absolute atomic E-state index is 13.4. The molecule has 0 saturated carbocycles. The van der Waals surface area contributed by atoms with E-state index in [1.807, 2.05) is 0 Å². The van der Waals surface area contributed by atoms with E-state index < -0.39 is 33.7 Å². The van der Waals surface area contributed by atoms with Gasteiger partial charge >= 0.3 is 0 Å². The highest BCUT2D eigenvalue weighted by Gasteiger charge is 2.28. The van der Waals surface area contributed by atoms with Crippen molar-refractivity contribution >= 4 is 15.9 Å². The number of hydrogen-bond donors (Lipinski definition) is 3. The predicted octanol–water partition coefficient (Wildman–Crippen LogP) is 0.942. The van der Waals surface area contributed by atoms with Crippen molar-refractivity contribution in [2.24, 2.45) is 5.92 Å². The molecule has 1 aromatic rings. The minimum absolute atomic E-state index is 0.281. The van der Waals surface area contributed by atoms with E-state index in [2.05, 4.69) is 4.72 Å². The lowest BCUT2D eigenvalue weighted by Crippen LogP contribution is -2.48. The zero-order valence-corrected chi connectivity index (χ0v) is 12.2. The number of rotatable bonds is 5. The first-order valence-electron chi connectivity index (χ1n) is 5.91. The Morgan fingerprint density at radius 3 is 2.40 bits per heavy atom. The summed E-state index contributed by atoms with van der Waals surface area (Å²) in [4.78, 5) is 11.1. The lowest BCUT2D eigenvalue weighted by atomic mass is 10.1. The lowest BCUT2D eigenvalue weighted by molar-refractivity contribution is -0.131. The van der Waals surface area contributed by atoms with E-state index in [-0.39, 0.29) is 4.90 Å². The van der Waals surface area contributed by atoms with E-state index in [0.717, 1.165) is 6.07 Å². The van der Waals surface area contributed by atoms with E-state index in [4.69, 9.17) is 5.21 Å². The molecule has 3 N–H and O–H groups in total. The number of nitrogens with one attached hydrogen (secondary N) is 2. The summed E-state index contributed by atoms with van der Waals surface area (Å²) in [6, 6.07) is 2.30. The number of carbonyl (C=O) groups excluding carboxylic acids is 1. The summed E-state index contributed by atoms with van der Waals surface area (Å²) in [5.74, 6) is -1.93. The summed E-state index contributed by atoms with van der Waals surface area (Å²) in [6.45, 7) is 4.73. The quantitative estimate of drug-likeness (QED) is 0.557. The first-order chi connectivity index (χ1) is 9.19. The van der Waals surface area contributed by atoms with Crippen molar-refractivity contribution in [3.05, 3.63) is 29.6 Å². The molecule has 0 aliphatic heterocycles. The second-order valence-corrected chi connectivity index (χ2v) is 6.44. The number of aryl methyl sites for hydroxylation is 1. The summed E-state index contributed by atoms with van der Waals surface area (Å²) in [5.41, 5.74) is 1.72. The third-order valence-corrected chi connectivity index (χ3v) is 4.23. The van der Waals surface area contributed by atoms with Crippen LogP contribution in [0.4, 0.5) is 4.39 Å². The van der Waals surface area contributed by atoms with Crippen molar-refractivity contribution in [2.75, 3.05) is 0 Å². The van der Waals surface area contributed by atoms with Crippen LogP contribution < -0.4 is 10.2 Å². The molecule has 0 heterocycles. The molecule has 0 unspecified atom stereocenters. The van der Waals surface area contributed by atoms with Crippen LogP contribution in [0.2, 0.25) is 0 Å². The van der Waals surface area contributed by atoms with Crippen LogP contribution in [0.1, 0.15) is 19.4 Å². The molecule has 20 heavy (non-hydrogen) atoms. The summed E-state index contributed by atoms with van der Waals surface area (Å²) in [6.07, 6.45) is 0. The van der Waals surface area contributed by atoms with Crippen LogP contribution in [-0.2, 0) is 14.8 Å². The molecule has 0 aliphatic rings. The summed E-state index contributed by atoms with van der Waals surface area (Å²) < 4.78 is 39.7. The number of carbonyl (C=O) groups is 1. The fourth-order valence-electron chi connectivity index (χ4n) is 1.54. The predicted molar refractivity (Wildman–Crippen MR) is 70.0 cm³/mol. The zero-order valence-electron chi connectivity index (χ0n) is 11.3. The molecule has 1 amide bonds. The molecule has 6 nitrogen and oxygen atoms in total. The van der Waals surface area contributed by atoms with Crippen molar-refractivity contribution in [1.29, 1.82) is 0 Å². The van der Waals surface area contributed by atoms with E-state index in [0.29, 0.717) is 5.56 Å². The Balaban J connectivity index is 3.09. The maximum Gasteiger partial charge on any atom is 0.261 e. The van der Waals surface area contributed by atoms with Crippen LogP contribution in [0.25, 0.3) is 0 Å². The van der Waals surface area contributed by atoms with Crippen molar-refractivity contribution < 1.29 is 22.8 Å². The van der Waals surface area contributed by atoms with E-state index >= 15 is 0 Å². The molecule has 0 saturated heterocycles. The second kappa shape index (κ2) is 6.29. The average molecular weight is 304 g/mol. The van der Waals surface area contributed by atoms with Gasteiger partial charge in [-0.25, -0.2) is 18.3 Å². The molecular formula is C12H17FN2O4S. The van der Waals surface area contributed by atoms with Crippen LogP contribution in [0, 0.1) is 18.7 Å². The number of hydroxylamine groups is 1. The van der Waals surface area contributed by atoms with Gasteiger partial charge in [-0.3, -0.25) is 10.0 Å². The van der Waals surface area contributed by atoms with Crippen LogP contribution in [0.15, 0.2) is 23.1 Å². The number of halogens is 1. The van der Waals surface area contributed by atoms with Gasteiger partial charge in [-0.15, -0.1) is 0 Å². The molecule has 0 radical (unpaired) electrons. The molecule has 0 fully saturated rings. The Morgan fingerprint density at radius 1 is 1.35 bits per heavy atom. The summed E-state index contributed by atoms with van der Waals surface area (Å²) in [7, 11) is -4.06. The van der Waals surface area contributed by atoms with Crippen LogP contribution in [0.5, 0.6) is 0 Å². The monoisotopic (exact) mass is 304 g/mol. The largest absolute Gasteiger partial charge is 0.289 e. The lowest BCUT2D eigenvalue weighted by Gasteiger charge is -2.20. The van der Waals surface area contributed by atoms with Gasteiger partial charge < -0.3 is 0 Å². The van der Waals surface area contributed by atoms with Crippen LogP contribution in [0.3, 0.4) is 0 Å². The smallest absolute Gasteiger partial charge is 0.261 e. The Bertz CT molecular complexity index is 601. The second-order valence-electron chi connectivity index (χ2n) is 4.73. The number of benzene rings is 1. The highest BCUT2D eigenvalue weighted by molar-refractivity contribution is 7.89. The van der Waals surface area contributed by atoms with Gasteiger partial charge in [0.25, 0.3) is 5.91 Å². The normalized spacial score (nSPS) is 13.3. The van der Waals surface area contributed by atoms with Gasteiger partial charge in [0, 0.05) is 0 Å². The van der Waals surface area contributed by atoms with E-state index in [9.17, 15) is 17.6 Å². The maximum atomic E-state index is 13.4. The van der Waals surface area contributed by atoms with Crippen LogP contribution >= 0.6 is 0 Å². The van der Waals surface area contributed by atoms with Crippen molar-refractivity contribution in [3.63, 3.8) is 0 Å². The van der Waals surface area contributed by atoms with Gasteiger partial charge in [0.2, 0.25) is 10.0 Å². The number of sulfonamides is 1. The van der Waals surface area contributed by atoms with E-state index in [1.54, 1.807) is 13.8 Å². The Morgan fingerprint density at radius 2 is 1.95 bits per heavy atom. The van der Waals surface area contributed by atoms with E-state index in [1.165, 1.54) is 24.5 Å². The van der Waals surface area contributed by atoms with Gasteiger partial charge in [0.05, 0.1) is 4.90 Å². The van der Waals surface area contributed by atoms with Crippen molar-refractivity contribution in [2.45, 2.75) is 31.7 Å². The number of amides is 1.